The van der Waals surface area contributed by atoms with E-state index in [0.717, 1.165) is 16.8 Å². The Bertz CT molecular complexity index is 784. The largest absolute Gasteiger partial charge is 0.423 e. The van der Waals surface area contributed by atoms with Gasteiger partial charge in [0.1, 0.15) is 5.52 Å². The number of oxazole rings is 1. The number of para-hydroxylation sites is 1. The number of nitrogens with one attached hydrogen (secondary N) is 1. The van der Waals surface area contributed by atoms with Crippen LogP contribution in [0.15, 0.2) is 46.9 Å². The van der Waals surface area contributed by atoms with E-state index in [1.54, 1.807) is 12.1 Å². The molecular weight excluding hydrogens is 262 g/mol. The van der Waals surface area contributed by atoms with E-state index >= 15 is 0 Å². The molecule has 0 atom stereocenters. The van der Waals surface area contributed by atoms with Crippen LogP contribution in [0.3, 0.4) is 0 Å². The highest BCUT2D eigenvalue weighted by Gasteiger charge is 2.18. The molecule has 0 aliphatic rings. The summed E-state index contributed by atoms with van der Waals surface area (Å²) in [5.74, 6) is 0. The van der Waals surface area contributed by atoms with Gasteiger partial charge in [0.15, 0.2) is 5.58 Å². The SMILES string of the molecule is CC(C)(C)c1ccccc1Nc1nc2cc(N)ccc2o1. The van der Waals surface area contributed by atoms with Gasteiger partial charge in [0.05, 0.1) is 0 Å². The standard InChI is InChI=1S/C17H19N3O/c1-17(2,3)12-6-4-5-7-13(12)19-16-20-14-10-11(18)8-9-15(14)21-16/h4-10H,18H2,1-3H3,(H,19,20). The first-order valence-electron chi connectivity index (χ1n) is 6.96. The number of nitrogen functional groups attached to an aromatic ring is 1. The fourth-order valence-corrected chi connectivity index (χ4v) is 2.36. The van der Waals surface area contributed by atoms with Crippen LogP contribution in [-0.2, 0) is 5.41 Å². The molecule has 0 spiro atoms. The average Bonchev–Trinajstić information content (AvgIpc) is 2.79. The van der Waals surface area contributed by atoms with Crippen LogP contribution in [-0.4, -0.2) is 4.98 Å². The second kappa shape index (κ2) is 4.81. The van der Waals surface area contributed by atoms with Crippen LogP contribution in [0.4, 0.5) is 17.4 Å². The van der Waals surface area contributed by atoms with Crippen molar-refractivity contribution in [3.05, 3.63) is 48.0 Å². The summed E-state index contributed by atoms with van der Waals surface area (Å²) in [6.45, 7) is 6.54. The highest BCUT2D eigenvalue weighted by molar-refractivity contribution is 5.79. The number of benzene rings is 2. The zero-order valence-corrected chi connectivity index (χ0v) is 12.5. The third kappa shape index (κ3) is 2.70. The van der Waals surface area contributed by atoms with Crippen LogP contribution in [0.5, 0.6) is 0 Å². The van der Waals surface area contributed by atoms with Gasteiger partial charge in [-0.05, 0) is 35.2 Å². The van der Waals surface area contributed by atoms with Gasteiger partial charge < -0.3 is 15.5 Å². The van der Waals surface area contributed by atoms with Crippen molar-refractivity contribution in [3.8, 4) is 0 Å². The molecule has 2 aromatic carbocycles. The molecule has 0 aliphatic carbocycles. The van der Waals surface area contributed by atoms with Crippen molar-refractivity contribution in [3.63, 3.8) is 0 Å². The Hall–Kier alpha value is -2.49. The summed E-state index contributed by atoms with van der Waals surface area (Å²) in [4.78, 5) is 4.43. The van der Waals surface area contributed by atoms with Crippen LogP contribution in [0.25, 0.3) is 11.1 Å². The van der Waals surface area contributed by atoms with Gasteiger partial charge in [-0.15, -0.1) is 0 Å². The molecule has 4 nitrogen and oxygen atoms in total. The Kier molecular flexibility index (Phi) is 3.09. The summed E-state index contributed by atoms with van der Waals surface area (Å²) in [5.41, 5.74) is 10.2. The average molecular weight is 281 g/mol. The smallest absolute Gasteiger partial charge is 0.300 e. The molecule has 0 saturated heterocycles. The van der Waals surface area contributed by atoms with Crippen molar-refractivity contribution in [2.24, 2.45) is 0 Å². The topological polar surface area (TPSA) is 64.1 Å². The zero-order valence-electron chi connectivity index (χ0n) is 12.5. The third-order valence-electron chi connectivity index (χ3n) is 3.39. The van der Waals surface area contributed by atoms with E-state index in [1.165, 1.54) is 5.56 Å². The molecule has 3 aromatic rings. The van der Waals surface area contributed by atoms with E-state index in [9.17, 15) is 0 Å². The minimum absolute atomic E-state index is 0.0417. The van der Waals surface area contributed by atoms with E-state index in [-0.39, 0.29) is 5.41 Å². The first-order valence-corrected chi connectivity index (χ1v) is 6.96. The van der Waals surface area contributed by atoms with Crippen molar-refractivity contribution in [2.45, 2.75) is 26.2 Å². The van der Waals surface area contributed by atoms with Crippen LogP contribution in [0.2, 0.25) is 0 Å². The summed E-state index contributed by atoms with van der Waals surface area (Å²) in [6, 6.07) is 14.1. The molecule has 0 saturated carbocycles. The molecule has 0 bridgehead atoms. The predicted octanol–water partition coefficient (Wildman–Crippen LogP) is 4.45. The van der Waals surface area contributed by atoms with Gasteiger partial charge in [-0.25, -0.2) is 0 Å². The zero-order chi connectivity index (χ0) is 15.0. The quantitative estimate of drug-likeness (QED) is 0.681. The molecule has 0 unspecified atom stereocenters. The van der Waals surface area contributed by atoms with E-state index < -0.39 is 0 Å². The first kappa shape index (κ1) is 13.5. The summed E-state index contributed by atoms with van der Waals surface area (Å²) in [6.07, 6.45) is 0. The van der Waals surface area contributed by atoms with Gasteiger partial charge >= 0.3 is 0 Å². The lowest BCUT2D eigenvalue weighted by atomic mass is 9.86. The van der Waals surface area contributed by atoms with Crippen LogP contribution < -0.4 is 11.1 Å². The van der Waals surface area contributed by atoms with Gasteiger partial charge in [-0.3, -0.25) is 0 Å². The van der Waals surface area contributed by atoms with Crippen molar-refractivity contribution in [2.75, 3.05) is 11.1 Å². The van der Waals surface area contributed by atoms with Gasteiger partial charge in [0.2, 0.25) is 0 Å². The molecule has 21 heavy (non-hydrogen) atoms. The number of nitrogens with two attached hydrogens (primary N) is 1. The number of nitrogens with zero attached hydrogens (tertiary/aromatic N) is 1. The molecule has 3 N–H and O–H groups in total. The van der Waals surface area contributed by atoms with Crippen molar-refractivity contribution < 1.29 is 4.42 Å². The fourth-order valence-electron chi connectivity index (χ4n) is 2.36. The maximum Gasteiger partial charge on any atom is 0.300 e. The summed E-state index contributed by atoms with van der Waals surface area (Å²) >= 11 is 0. The molecule has 4 heteroatoms. The molecule has 1 aromatic heterocycles. The van der Waals surface area contributed by atoms with Crippen molar-refractivity contribution in [1.29, 1.82) is 0 Å². The summed E-state index contributed by atoms with van der Waals surface area (Å²) < 4.78 is 5.72. The summed E-state index contributed by atoms with van der Waals surface area (Å²) in [7, 11) is 0. The Morgan fingerprint density at radius 1 is 1.10 bits per heavy atom. The fraction of sp³-hybridized carbons (Fsp3) is 0.235. The molecule has 0 amide bonds. The van der Waals surface area contributed by atoms with E-state index in [0.29, 0.717) is 11.7 Å². The Labute approximate surface area is 124 Å². The molecule has 0 fully saturated rings. The van der Waals surface area contributed by atoms with Gasteiger partial charge in [-0.2, -0.15) is 4.98 Å². The number of hydrogen-bond donors (Lipinski definition) is 2. The molecule has 0 aliphatic heterocycles. The lowest BCUT2D eigenvalue weighted by molar-refractivity contribution is 0.589. The van der Waals surface area contributed by atoms with Crippen LogP contribution in [0.1, 0.15) is 26.3 Å². The van der Waals surface area contributed by atoms with Crippen LogP contribution in [0, 0.1) is 0 Å². The maximum atomic E-state index is 5.76. The minimum atomic E-state index is 0.0417. The molecule has 1 heterocycles. The van der Waals surface area contributed by atoms with Crippen molar-refractivity contribution >= 4 is 28.5 Å². The normalized spacial score (nSPS) is 11.8. The van der Waals surface area contributed by atoms with E-state index in [2.05, 4.69) is 37.1 Å². The van der Waals surface area contributed by atoms with Crippen LogP contribution >= 0.6 is 0 Å². The molecule has 3 rings (SSSR count). The van der Waals surface area contributed by atoms with Crippen molar-refractivity contribution in [1.82, 2.24) is 4.98 Å². The van der Waals surface area contributed by atoms with Gasteiger partial charge in [-0.1, -0.05) is 39.0 Å². The maximum absolute atomic E-state index is 5.76. The Balaban J connectivity index is 1.99. The Morgan fingerprint density at radius 3 is 2.62 bits per heavy atom. The second-order valence-corrected chi connectivity index (χ2v) is 6.17. The number of rotatable bonds is 2. The first-order chi connectivity index (χ1) is 9.93. The van der Waals surface area contributed by atoms with Gasteiger partial charge in [0, 0.05) is 11.4 Å². The second-order valence-electron chi connectivity index (χ2n) is 6.17. The molecule has 108 valence electrons. The van der Waals surface area contributed by atoms with E-state index in [4.69, 9.17) is 10.2 Å². The summed E-state index contributed by atoms with van der Waals surface area (Å²) in [5, 5.41) is 3.27. The minimum Gasteiger partial charge on any atom is -0.423 e. The van der Waals surface area contributed by atoms with Gasteiger partial charge in [0.25, 0.3) is 6.01 Å². The number of fused-ring (bicyclic) bond motifs is 1. The Morgan fingerprint density at radius 2 is 1.86 bits per heavy atom. The highest BCUT2D eigenvalue weighted by Crippen LogP contribution is 2.32. The number of aromatic nitrogens is 1. The number of anilines is 3. The molecular formula is C17H19N3O. The third-order valence-corrected chi connectivity index (χ3v) is 3.39. The predicted molar refractivity (Wildman–Crippen MR) is 86.8 cm³/mol. The lowest BCUT2D eigenvalue weighted by Crippen LogP contribution is -2.13. The van der Waals surface area contributed by atoms with E-state index in [1.807, 2.05) is 24.3 Å². The number of hydrogen-bond acceptors (Lipinski definition) is 4. The monoisotopic (exact) mass is 281 g/mol. The highest BCUT2D eigenvalue weighted by atomic mass is 16.4. The molecule has 0 radical (unpaired) electrons. The lowest BCUT2D eigenvalue weighted by Gasteiger charge is -2.22.